The first-order valence-corrected chi connectivity index (χ1v) is 12.1. The molecular weight excluding hydrogens is 470 g/mol. The van der Waals surface area contributed by atoms with Crippen LogP contribution in [0.2, 0.25) is 0 Å². The van der Waals surface area contributed by atoms with E-state index in [4.69, 9.17) is 10.5 Å². The lowest BCUT2D eigenvalue weighted by Gasteiger charge is -2.22. The third-order valence-electron chi connectivity index (χ3n) is 5.89. The van der Waals surface area contributed by atoms with Gasteiger partial charge < -0.3 is 25.3 Å². The van der Waals surface area contributed by atoms with Crippen molar-refractivity contribution in [1.29, 1.82) is 0 Å². The fourth-order valence-electron chi connectivity index (χ4n) is 3.70. The van der Waals surface area contributed by atoms with Crippen molar-refractivity contribution >= 4 is 23.4 Å². The number of anilines is 1. The molecule has 37 heavy (non-hydrogen) atoms. The minimum Gasteiger partial charge on any atom is -0.376 e. The van der Waals surface area contributed by atoms with E-state index >= 15 is 0 Å². The fourth-order valence-corrected chi connectivity index (χ4v) is 3.70. The van der Waals surface area contributed by atoms with Gasteiger partial charge in [-0.25, -0.2) is 4.98 Å². The molecule has 3 rings (SSSR count). The number of Topliss-reactive ketones (excluding diaryl/α,β-unsaturated/α-hetero) is 1. The van der Waals surface area contributed by atoms with Gasteiger partial charge in [-0.2, -0.15) is 0 Å². The van der Waals surface area contributed by atoms with Crippen molar-refractivity contribution in [2.24, 2.45) is 11.7 Å². The molecule has 2 amide bonds. The van der Waals surface area contributed by atoms with Crippen LogP contribution in [0.3, 0.4) is 0 Å². The minimum absolute atomic E-state index is 0.0367. The Labute approximate surface area is 217 Å². The molecule has 0 aliphatic carbocycles. The molecule has 3 N–H and O–H groups in total. The molecule has 0 saturated heterocycles. The number of hydrogen-bond acceptors (Lipinski definition) is 6. The molecule has 1 heterocycles. The van der Waals surface area contributed by atoms with E-state index in [1.54, 1.807) is 38.7 Å². The van der Waals surface area contributed by atoms with E-state index in [1.165, 1.54) is 11.2 Å². The first-order valence-electron chi connectivity index (χ1n) is 12.1. The number of ketones is 1. The van der Waals surface area contributed by atoms with Gasteiger partial charge in [-0.3, -0.25) is 14.4 Å². The zero-order valence-electron chi connectivity index (χ0n) is 21.8. The van der Waals surface area contributed by atoms with Gasteiger partial charge in [0.05, 0.1) is 31.0 Å². The number of carbonyl (C=O) groups is 3. The Morgan fingerprint density at radius 2 is 1.68 bits per heavy atom. The van der Waals surface area contributed by atoms with E-state index in [0.717, 1.165) is 11.1 Å². The lowest BCUT2D eigenvalue weighted by Crippen LogP contribution is -2.44. The van der Waals surface area contributed by atoms with E-state index in [2.05, 4.69) is 10.3 Å². The van der Waals surface area contributed by atoms with Crippen LogP contribution in [0, 0.1) is 5.92 Å². The van der Waals surface area contributed by atoms with E-state index in [9.17, 15) is 14.4 Å². The lowest BCUT2D eigenvalue weighted by molar-refractivity contribution is -0.131. The average Bonchev–Trinajstić information content (AvgIpc) is 3.31. The first-order chi connectivity index (χ1) is 17.6. The number of carbonyl (C=O) groups excluding carboxylic acids is 3. The molecule has 2 aromatic carbocycles. The van der Waals surface area contributed by atoms with E-state index < -0.39 is 23.4 Å². The van der Waals surface area contributed by atoms with Crippen LogP contribution in [-0.2, 0) is 25.7 Å². The second-order valence-electron chi connectivity index (χ2n) is 9.79. The number of benzene rings is 2. The first kappa shape index (κ1) is 27.8. The number of nitrogens with two attached hydrogens (primary N) is 1. The van der Waals surface area contributed by atoms with Crippen LogP contribution >= 0.6 is 0 Å². The molecular formula is C28H35N5O4. The van der Waals surface area contributed by atoms with Crippen molar-refractivity contribution in [2.75, 3.05) is 26.0 Å². The van der Waals surface area contributed by atoms with Gasteiger partial charge in [0.25, 0.3) is 0 Å². The zero-order valence-corrected chi connectivity index (χ0v) is 21.8. The molecule has 0 aliphatic heterocycles. The number of amides is 2. The highest BCUT2D eigenvalue weighted by molar-refractivity contribution is 5.97. The molecule has 2 atom stereocenters. The predicted molar refractivity (Wildman–Crippen MR) is 142 cm³/mol. The Morgan fingerprint density at radius 1 is 1.05 bits per heavy atom. The molecule has 0 aliphatic rings. The van der Waals surface area contributed by atoms with Gasteiger partial charge in [0, 0.05) is 26.7 Å². The van der Waals surface area contributed by atoms with Gasteiger partial charge in [-0.05, 0) is 25.0 Å². The summed E-state index contributed by atoms with van der Waals surface area (Å²) in [7, 11) is 3.38. The number of ether oxygens (including phenoxy) is 1. The molecule has 0 bridgehead atoms. The van der Waals surface area contributed by atoms with Crippen LogP contribution in [0.25, 0.3) is 0 Å². The maximum Gasteiger partial charge on any atom is 0.249 e. The van der Waals surface area contributed by atoms with Gasteiger partial charge in [0.2, 0.25) is 11.8 Å². The largest absolute Gasteiger partial charge is 0.376 e. The van der Waals surface area contributed by atoms with Crippen molar-refractivity contribution < 1.29 is 19.1 Å². The summed E-state index contributed by atoms with van der Waals surface area (Å²) in [6.07, 6.45) is 3.04. The standard InChI is InChI=1S/C28H35N5O4/c1-28(2,29)23(34)15-22(18-37-17-20-11-7-5-8-12-20)26(35)31-24-16-33(19-30-24)25(27(36)32(3)4)21-13-9-6-10-14-21/h5-14,16,19,22,25H,15,17-18,29H2,1-4H3,(H,31,35)/t22-,25?/m1/s1. The second-order valence-corrected chi connectivity index (χ2v) is 9.79. The van der Waals surface area contributed by atoms with Crippen molar-refractivity contribution in [3.8, 4) is 0 Å². The average molecular weight is 506 g/mol. The van der Waals surface area contributed by atoms with Gasteiger partial charge in [0.1, 0.15) is 6.04 Å². The summed E-state index contributed by atoms with van der Waals surface area (Å²) in [6.45, 7) is 3.57. The van der Waals surface area contributed by atoms with Crippen LogP contribution in [-0.4, -0.2) is 58.3 Å². The number of nitrogens with one attached hydrogen (secondary N) is 1. The monoisotopic (exact) mass is 505 g/mol. The second kappa shape index (κ2) is 12.4. The molecule has 0 fully saturated rings. The quantitative estimate of drug-likeness (QED) is 0.391. The highest BCUT2D eigenvalue weighted by Crippen LogP contribution is 2.22. The smallest absolute Gasteiger partial charge is 0.249 e. The fraction of sp³-hybridized carbons (Fsp3) is 0.357. The van der Waals surface area contributed by atoms with Gasteiger partial charge in [-0.1, -0.05) is 60.7 Å². The summed E-state index contributed by atoms with van der Waals surface area (Å²) >= 11 is 0. The number of nitrogens with zero attached hydrogens (tertiary/aromatic N) is 3. The van der Waals surface area contributed by atoms with Crippen LogP contribution in [0.4, 0.5) is 5.82 Å². The molecule has 9 heteroatoms. The highest BCUT2D eigenvalue weighted by atomic mass is 16.5. The summed E-state index contributed by atoms with van der Waals surface area (Å²) in [5, 5.41) is 2.77. The van der Waals surface area contributed by atoms with Crippen LogP contribution in [0.15, 0.2) is 73.2 Å². The van der Waals surface area contributed by atoms with E-state index in [0.29, 0.717) is 6.61 Å². The SMILES string of the molecule is CN(C)C(=O)C(c1ccccc1)n1cnc(NC(=O)[C@@H](COCc2ccccc2)CC(=O)C(C)(C)N)c1. The lowest BCUT2D eigenvalue weighted by atomic mass is 9.91. The summed E-state index contributed by atoms with van der Waals surface area (Å²) in [4.78, 5) is 44.6. The molecule has 1 unspecified atom stereocenters. The molecule has 1 aromatic heterocycles. The van der Waals surface area contributed by atoms with Gasteiger partial charge in [-0.15, -0.1) is 0 Å². The predicted octanol–water partition coefficient (Wildman–Crippen LogP) is 3.03. The Hall–Kier alpha value is -3.82. The maximum absolute atomic E-state index is 13.2. The number of likely N-dealkylation sites (N-methyl/N-ethyl adjacent to an activating group) is 1. The molecule has 0 radical (unpaired) electrons. The van der Waals surface area contributed by atoms with Gasteiger partial charge in [0.15, 0.2) is 11.6 Å². The van der Waals surface area contributed by atoms with Crippen LogP contribution in [0.1, 0.15) is 37.4 Å². The van der Waals surface area contributed by atoms with Crippen LogP contribution in [0.5, 0.6) is 0 Å². The number of hydrogen-bond donors (Lipinski definition) is 2. The molecule has 0 saturated carbocycles. The third kappa shape index (κ3) is 7.83. The highest BCUT2D eigenvalue weighted by Gasteiger charge is 2.30. The van der Waals surface area contributed by atoms with Crippen molar-refractivity contribution in [3.05, 3.63) is 84.3 Å². The van der Waals surface area contributed by atoms with Crippen molar-refractivity contribution in [2.45, 2.75) is 38.5 Å². The summed E-state index contributed by atoms with van der Waals surface area (Å²) in [5.74, 6) is -1.29. The number of rotatable bonds is 12. The van der Waals surface area contributed by atoms with Crippen LogP contribution < -0.4 is 11.1 Å². The zero-order chi connectivity index (χ0) is 27.0. The number of aromatic nitrogens is 2. The topological polar surface area (TPSA) is 120 Å². The Balaban J connectivity index is 1.75. The Kier molecular flexibility index (Phi) is 9.32. The maximum atomic E-state index is 13.2. The molecule has 196 valence electrons. The van der Waals surface area contributed by atoms with Crippen molar-refractivity contribution in [3.63, 3.8) is 0 Å². The normalized spacial score (nSPS) is 13.0. The summed E-state index contributed by atoms with van der Waals surface area (Å²) in [5.41, 5.74) is 6.65. The minimum atomic E-state index is -1.07. The number of imidazole rings is 1. The van der Waals surface area contributed by atoms with E-state index in [1.807, 2.05) is 60.7 Å². The molecule has 9 nitrogen and oxygen atoms in total. The Bertz CT molecular complexity index is 1190. The summed E-state index contributed by atoms with van der Waals surface area (Å²) in [6, 6.07) is 18.3. The van der Waals surface area contributed by atoms with Gasteiger partial charge >= 0.3 is 0 Å². The third-order valence-corrected chi connectivity index (χ3v) is 5.89. The Morgan fingerprint density at radius 3 is 2.27 bits per heavy atom. The van der Waals surface area contributed by atoms with E-state index in [-0.39, 0.29) is 30.5 Å². The van der Waals surface area contributed by atoms with Crippen molar-refractivity contribution in [1.82, 2.24) is 14.5 Å². The molecule has 3 aromatic rings. The molecule has 0 spiro atoms. The summed E-state index contributed by atoms with van der Waals surface area (Å²) < 4.78 is 7.44.